The molecule has 1 aromatic carbocycles. The van der Waals surface area contributed by atoms with E-state index >= 15 is 0 Å². The van der Waals surface area contributed by atoms with E-state index in [1.165, 1.54) is 6.08 Å². The van der Waals surface area contributed by atoms with Crippen LogP contribution in [0.1, 0.15) is 12.5 Å². The lowest BCUT2D eigenvalue weighted by atomic mass is 10.2. The molecule has 0 heterocycles. The Kier molecular flexibility index (Phi) is 4.75. The molecule has 0 bridgehead atoms. The minimum Gasteiger partial charge on any atom is -0.478 e. The second kappa shape index (κ2) is 6.32. The zero-order valence-electron chi connectivity index (χ0n) is 9.20. The van der Waals surface area contributed by atoms with Crippen LogP contribution in [0.25, 0.3) is 6.08 Å². The molecule has 1 rings (SSSR count). The number of benzene rings is 1. The van der Waals surface area contributed by atoms with Gasteiger partial charge in [0.2, 0.25) is 6.29 Å². The molecule has 1 unspecified atom stereocenters. The average Bonchev–Trinajstić information content (AvgIpc) is 2.27. The van der Waals surface area contributed by atoms with Gasteiger partial charge in [-0.2, -0.15) is 0 Å². The Morgan fingerprint density at radius 3 is 2.88 bits per heavy atom. The van der Waals surface area contributed by atoms with Gasteiger partial charge < -0.3 is 14.6 Å². The van der Waals surface area contributed by atoms with Gasteiger partial charge in [-0.1, -0.05) is 12.1 Å². The first-order chi connectivity index (χ1) is 8.11. The molecule has 0 aliphatic rings. The monoisotopic (exact) mass is 236 g/mol. The number of ether oxygens (including phenoxy) is 2. The summed E-state index contributed by atoms with van der Waals surface area (Å²) in [5.41, 5.74) is 0.684. The summed E-state index contributed by atoms with van der Waals surface area (Å²) < 4.78 is 9.84. The minimum absolute atomic E-state index is 0.304. The highest BCUT2D eigenvalue weighted by molar-refractivity contribution is 5.85. The van der Waals surface area contributed by atoms with Gasteiger partial charge in [0.1, 0.15) is 5.75 Å². The Bertz CT molecular complexity index is 425. The van der Waals surface area contributed by atoms with Crippen molar-refractivity contribution in [2.24, 2.45) is 0 Å². The molecule has 17 heavy (non-hydrogen) atoms. The SMILES string of the molecule is CC(OC=O)Oc1cccc(/C=C/C(=O)O)c1. The van der Waals surface area contributed by atoms with Crippen LogP contribution in [0.2, 0.25) is 0 Å². The fraction of sp³-hybridized carbons (Fsp3) is 0.167. The van der Waals surface area contributed by atoms with Crippen molar-refractivity contribution in [3.63, 3.8) is 0 Å². The molecule has 0 aromatic heterocycles. The second-order valence-corrected chi connectivity index (χ2v) is 3.16. The summed E-state index contributed by atoms with van der Waals surface area (Å²) in [5.74, 6) is -0.527. The van der Waals surface area contributed by atoms with Crippen LogP contribution < -0.4 is 4.74 Å². The molecule has 0 amide bonds. The predicted molar refractivity (Wildman–Crippen MR) is 60.4 cm³/mol. The maximum absolute atomic E-state index is 10.3. The highest BCUT2D eigenvalue weighted by Gasteiger charge is 2.03. The molecule has 0 spiro atoms. The van der Waals surface area contributed by atoms with Gasteiger partial charge in [-0.15, -0.1) is 0 Å². The van der Waals surface area contributed by atoms with Gasteiger partial charge in [0.15, 0.2) is 0 Å². The van der Waals surface area contributed by atoms with E-state index in [9.17, 15) is 9.59 Å². The highest BCUT2D eigenvalue weighted by Crippen LogP contribution is 2.16. The smallest absolute Gasteiger partial charge is 0.328 e. The number of carbonyl (C=O) groups excluding carboxylic acids is 1. The molecule has 1 aromatic rings. The summed E-state index contributed by atoms with van der Waals surface area (Å²) in [7, 11) is 0. The summed E-state index contributed by atoms with van der Waals surface area (Å²) in [6.07, 6.45) is 1.79. The van der Waals surface area contributed by atoms with E-state index in [0.29, 0.717) is 17.8 Å². The van der Waals surface area contributed by atoms with Crippen LogP contribution in [0, 0.1) is 0 Å². The van der Waals surface area contributed by atoms with Gasteiger partial charge in [-0.05, 0) is 23.8 Å². The first-order valence-electron chi connectivity index (χ1n) is 4.88. The second-order valence-electron chi connectivity index (χ2n) is 3.16. The quantitative estimate of drug-likeness (QED) is 0.462. The van der Waals surface area contributed by atoms with Crippen LogP contribution in [-0.4, -0.2) is 23.8 Å². The van der Waals surface area contributed by atoms with E-state index in [2.05, 4.69) is 4.74 Å². The third kappa shape index (κ3) is 4.83. The Morgan fingerprint density at radius 1 is 1.47 bits per heavy atom. The van der Waals surface area contributed by atoms with Gasteiger partial charge in [0.25, 0.3) is 6.47 Å². The molecular formula is C12H12O5. The normalized spacial score (nSPS) is 12.1. The summed E-state index contributed by atoms with van der Waals surface area (Å²) in [6.45, 7) is 1.88. The van der Waals surface area contributed by atoms with Crippen LogP contribution in [0.3, 0.4) is 0 Å². The number of hydrogen-bond acceptors (Lipinski definition) is 4. The van der Waals surface area contributed by atoms with Crippen LogP contribution in [0.15, 0.2) is 30.3 Å². The number of hydrogen-bond donors (Lipinski definition) is 1. The lowest BCUT2D eigenvalue weighted by Crippen LogP contribution is -2.15. The average molecular weight is 236 g/mol. The Hall–Kier alpha value is -2.30. The van der Waals surface area contributed by atoms with E-state index in [1.807, 2.05) is 0 Å². The largest absolute Gasteiger partial charge is 0.478 e. The Labute approximate surface area is 98.3 Å². The van der Waals surface area contributed by atoms with Crippen molar-refractivity contribution >= 4 is 18.5 Å². The van der Waals surface area contributed by atoms with Gasteiger partial charge in [0.05, 0.1) is 0 Å². The predicted octanol–water partition coefficient (Wildman–Crippen LogP) is 1.68. The van der Waals surface area contributed by atoms with Crippen molar-refractivity contribution in [3.05, 3.63) is 35.9 Å². The molecule has 5 nitrogen and oxygen atoms in total. The summed E-state index contributed by atoms with van der Waals surface area (Å²) in [5, 5.41) is 8.48. The van der Waals surface area contributed by atoms with Gasteiger partial charge in [-0.3, -0.25) is 4.79 Å². The highest BCUT2D eigenvalue weighted by atomic mass is 16.7. The lowest BCUT2D eigenvalue weighted by Gasteiger charge is -2.12. The number of carbonyl (C=O) groups is 2. The molecule has 0 aliphatic carbocycles. The summed E-state index contributed by atoms with van der Waals surface area (Å²) >= 11 is 0. The van der Waals surface area contributed by atoms with Crippen molar-refractivity contribution < 1.29 is 24.2 Å². The van der Waals surface area contributed by atoms with E-state index in [-0.39, 0.29) is 0 Å². The van der Waals surface area contributed by atoms with E-state index in [1.54, 1.807) is 31.2 Å². The molecule has 0 fully saturated rings. The molecule has 1 atom stereocenters. The molecule has 0 saturated carbocycles. The number of rotatable bonds is 6. The van der Waals surface area contributed by atoms with Crippen molar-refractivity contribution in [1.82, 2.24) is 0 Å². The first kappa shape index (κ1) is 12.8. The number of carboxylic acids is 1. The standard InChI is InChI=1S/C12H12O5/c1-9(16-8-13)17-11-4-2-3-10(7-11)5-6-12(14)15/h2-9H,1H3,(H,14,15)/b6-5+. The zero-order chi connectivity index (χ0) is 12.7. The maximum atomic E-state index is 10.3. The Morgan fingerprint density at radius 2 is 2.24 bits per heavy atom. The summed E-state index contributed by atoms with van der Waals surface area (Å²) in [6, 6.07) is 6.77. The van der Waals surface area contributed by atoms with Crippen LogP contribution in [0.5, 0.6) is 5.75 Å². The fourth-order valence-corrected chi connectivity index (χ4v) is 1.16. The topological polar surface area (TPSA) is 72.8 Å². The molecule has 0 saturated heterocycles. The van der Waals surface area contributed by atoms with E-state index in [0.717, 1.165) is 6.08 Å². The lowest BCUT2D eigenvalue weighted by molar-refractivity contribution is -0.145. The fourth-order valence-electron chi connectivity index (χ4n) is 1.16. The van der Waals surface area contributed by atoms with Gasteiger partial charge in [0, 0.05) is 13.0 Å². The molecule has 0 aliphatic heterocycles. The van der Waals surface area contributed by atoms with Crippen molar-refractivity contribution in [2.45, 2.75) is 13.2 Å². The van der Waals surface area contributed by atoms with Crippen molar-refractivity contribution in [1.29, 1.82) is 0 Å². The van der Waals surface area contributed by atoms with Crippen LogP contribution >= 0.6 is 0 Å². The maximum Gasteiger partial charge on any atom is 0.328 e. The van der Waals surface area contributed by atoms with Gasteiger partial charge >= 0.3 is 5.97 Å². The third-order valence-electron chi connectivity index (χ3n) is 1.83. The van der Waals surface area contributed by atoms with E-state index in [4.69, 9.17) is 9.84 Å². The molecule has 0 radical (unpaired) electrons. The minimum atomic E-state index is -1.02. The van der Waals surface area contributed by atoms with E-state index < -0.39 is 12.3 Å². The summed E-state index contributed by atoms with van der Waals surface area (Å²) in [4.78, 5) is 20.4. The number of aliphatic carboxylic acids is 1. The third-order valence-corrected chi connectivity index (χ3v) is 1.83. The zero-order valence-corrected chi connectivity index (χ0v) is 9.20. The number of carboxylic acid groups (broad SMARTS) is 1. The Balaban J connectivity index is 2.71. The first-order valence-corrected chi connectivity index (χ1v) is 4.88. The van der Waals surface area contributed by atoms with Crippen molar-refractivity contribution in [2.75, 3.05) is 0 Å². The molecule has 1 N–H and O–H groups in total. The molecule has 5 heteroatoms. The van der Waals surface area contributed by atoms with Crippen LogP contribution in [0.4, 0.5) is 0 Å². The van der Waals surface area contributed by atoms with Gasteiger partial charge in [-0.25, -0.2) is 4.79 Å². The van der Waals surface area contributed by atoms with Crippen molar-refractivity contribution in [3.8, 4) is 5.75 Å². The molecular weight excluding hydrogens is 224 g/mol. The van der Waals surface area contributed by atoms with Crippen LogP contribution in [-0.2, 0) is 14.3 Å². The molecule has 90 valence electrons.